The molecule has 4 heteroatoms. The fourth-order valence-corrected chi connectivity index (χ4v) is 2.21. The monoisotopic (exact) mass is 268 g/mol. The van der Waals surface area contributed by atoms with Crippen molar-refractivity contribution in [2.45, 2.75) is 19.8 Å². The van der Waals surface area contributed by atoms with E-state index in [4.69, 9.17) is 0 Å². The van der Waals surface area contributed by atoms with Crippen LogP contribution in [0.15, 0.2) is 24.3 Å². The highest BCUT2D eigenvalue weighted by Gasteiger charge is 2.14. The zero-order valence-electron chi connectivity index (χ0n) is 10.7. The van der Waals surface area contributed by atoms with Crippen molar-refractivity contribution in [3.8, 4) is 0 Å². The molecule has 0 spiro atoms. The van der Waals surface area contributed by atoms with E-state index in [1.807, 2.05) is 31.2 Å². The standard InChI is InChI=1S/C14H20N2O.ClH/c1-11-3-2-4-13(9-11)14(17)16-10-12-5-7-15-8-6-12;/h2-4,9,12,15H,5-8,10H2,1H3,(H,16,17);1H. The van der Waals surface area contributed by atoms with Crippen LogP contribution in [0.25, 0.3) is 0 Å². The Bertz CT molecular complexity index is 389. The van der Waals surface area contributed by atoms with Crippen LogP contribution in [0, 0.1) is 12.8 Å². The molecule has 100 valence electrons. The molecule has 1 aliphatic heterocycles. The molecule has 0 atom stereocenters. The van der Waals surface area contributed by atoms with Gasteiger partial charge in [0.1, 0.15) is 0 Å². The highest BCUT2D eigenvalue weighted by Crippen LogP contribution is 2.10. The third-order valence-corrected chi connectivity index (χ3v) is 3.29. The first-order valence-corrected chi connectivity index (χ1v) is 6.31. The van der Waals surface area contributed by atoms with E-state index >= 15 is 0 Å². The van der Waals surface area contributed by atoms with E-state index in [-0.39, 0.29) is 18.3 Å². The zero-order chi connectivity index (χ0) is 12.1. The van der Waals surface area contributed by atoms with E-state index in [1.165, 1.54) is 0 Å². The Hall–Kier alpha value is -1.06. The first-order chi connectivity index (χ1) is 8.25. The normalized spacial score (nSPS) is 15.8. The minimum atomic E-state index is 0. The van der Waals surface area contributed by atoms with Crippen molar-refractivity contribution in [2.24, 2.45) is 5.92 Å². The molecule has 0 saturated carbocycles. The maximum atomic E-state index is 11.9. The topological polar surface area (TPSA) is 41.1 Å². The summed E-state index contributed by atoms with van der Waals surface area (Å²) in [6.45, 7) is 4.95. The summed E-state index contributed by atoms with van der Waals surface area (Å²) in [5.74, 6) is 0.678. The molecule has 0 unspecified atom stereocenters. The van der Waals surface area contributed by atoms with Crippen LogP contribution < -0.4 is 10.6 Å². The van der Waals surface area contributed by atoms with Gasteiger partial charge in [-0.25, -0.2) is 0 Å². The summed E-state index contributed by atoms with van der Waals surface area (Å²) in [5.41, 5.74) is 1.89. The number of rotatable bonds is 3. The molecule has 3 nitrogen and oxygen atoms in total. The Balaban J connectivity index is 0.00000162. The Morgan fingerprint density at radius 2 is 2.11 bits per heavy atom. The molecule has 1 heterocycles. The molecular weight excluding hydrogens is 248 g/mol. The van der Waals surface area contributed by atoms with Gasteiger partial charge in [0, 0.05) is 12.1 Å². The minimum absolute atomic E-state index is 0. The average molecular weight is 269 g/mol. The van der Waals surface area contributed by atoms with Gasteiger partial charge in [0.05, 0.1) is 0 Å². The van der Waals surface area contributed by atoms with Gasteiger partial charge in [-0.3, -0.25) is 4.79 Å². The molecule has 0 radical (unpaired) electrons. The highest BCUT2D eigenvalue weighted by atomic mass is 35.5. The van der Waals surface area contributed by atoms with Crippen molar-refractivity contribution in [3.05, 3.63) is 35.4 Å². The number of aryl methyl sites for hydroxylation is 1. The van der Waals surface area contributed by atoms with Crippen LogP contribution in [0.1, 0.15) is 28.8 Å². The quantitative estimate of drug-likeness (QED) is 0.882. The van der Waals surface area contributed by atoms with Gasteiger partial charge in [-0.1, -0.05) is 17.7 Å². The van der Waals surface area contributed by atoms with Crippen molar-refractivity contribution in [3.63, 3.8) is 0 Å². The van der Waals surface area contributed by atoms with Crippen LogP contribution in [0.2, 0.25) is 0 Å². The predicted octanol–water partition coefficient (Wildman–Crippen LogP) is 2.15. The summed E-state index contributed by atoms with van der Waals surface area (Å²) in [5, 5.41) is 6.36. The number of hydrogen-bond acceptors (Lipinski definition) is 2. The predicted molar refractivity (Wildman–Crippen MR) is 76.4 cm³/mol. The maximum absolute atomic E-state index is 11.9. The Kier molecular flexibility index (Phi) is 6.16. The summed E-state index contributed by atoms with van der Waals surface area (Å²) in [7, 11) is 0. The van der Waals surface area contributed by atoms with Crippen molar-refractivity contribution in [2.75, 3.05) is 19.6 Å². The largest absolute Gasteiger partial charge is 0.352 e. The molecule has 1 aromatic carbocycles. The lowest BCUT2D eigenvalue weighted by molar-refractivity contribution is 0.0944. The SMILES string of the molecule is Cc1cccc(C(=O)NCC2CCNCC2)c1.Cl. The second kappa shape index (κ2) is 7.39. The van der Waals surface area contributed by atoms with E-state index < -0.39 is 0 Å². The van der Waals surface area contributed by atoms with Crippen molar-refractivity contribution in [1.29, 1.82) is 0 Å². The number of carbonyl (C=O) groups excluding carboxylic acids is 1. The number of amides is 1. The number of halogens is 1. The molecule has 2 rings (SSSR count). The molecule has 0 bridgehead atoms. The van der Waals surface area contributed by atoms with E-state index in [9.17, 15) is 4.79 Å². The summed E-state index contributed by atoms with van der Waals surface area (Å²) < 4.78 is 0. The van der Waals surface area contributed by atoms with E-state index in [1.54, 1.807) is 0 Å². The fraction of sp³-hybridized carbons (Fsp3) is 0.500. The van der Waals surface area contributed by atoms with Crippen LogP contribution >= 0.6 is 12.4 Å². The summed E-state index contributed by atoms with van der Waals surface area (Å²) >= 11 is 0. The average Bonchev–Trinajstić information content (AvgIpc) is 2.37. The Morgan fingerprint density at radius 1 is 1.39 bits per heavy atom. The van der Waals surface area contributed by atoms with Crippen LogP contribution in [0.3, 0.4) is 0 Å². The molecule has 1 amide bonds. The zero-order valence-corrected chi connectivity index (χ0v) is 11.6. The molecule has 1 saturated heterocycles. The number of hydrogen-bond donors (Lipinski definition) is 2. The lowest BCUT2D eigenvalue weighted by atomic mass is 9.98. The van der Waals surface area contributed by atoms with Gasteiger partial charge in [0.25, 0.3) is 5.91 Å². The van der Waals surface area contributed by atoms with Crippen LogP contribution in [0.5, 0.6) is 0 Å². The van der Waals surface area contributed by atoms with E-state index in [0.29, 0.717) is 5.92 Å². The highest BCUT2D eigenvalue weighted by molar-refractivity contribution is 5.94. The van der Waals surface area contributed by atoms with Crippen LogP contribution in [0.4, 0.5) is 0 Å². The molecule has 0 aromatic heterocycles. The van der Waals surface area contributed by atoms with Gasteiger partial charge in [0.2, 0.25) is 0 Å². The smallest absolute Gasteiger partial charge is 0.251 e. The molecule has 0 aliphatic carbocycles. The van der Waals surface area contributed by atoms with Gasteiger partial charge >= 0.3 is 0 Å². The third-order valence-electron chi connectivity index (χ3n) is 3.29. The van der Waals surface area contributed by atoms with Crippen molar-refractivity contribution < 1.29 is 4.79 Å². The second-order valence-electron chi connectivity index (χ2n) is 4.77. The van der Waals surface area contributed by atoms with Crippen LogP contribution in [-0.4, -0.2) is 25.5 Å². The summed E-state index contributed by atoms with van der Waals surface area (Å²) in [6.07, 6.45) is 2.32. The fourth-order valence-electron chi connectivity index (χ4n) is 2.21. The van der Waals surface area contributed by atoms with E-state index in [0.717, 1.165) is 43.6 Å². The molecule has 2 N–H and O–H groups in total. The lowest BCUT2D eigenvalue weighted by Gasteiger charge is -2.22. The molecule has 1 aromatic rings. The number of carbonyl (C=O) groups is 1. The van der Waals surface area contributed by atoms with Gasteiger partial charge in [-0.2, -0.15) is 0 Å². The summed E-state index contributed by atoms with van der Waals surface area (Å²) in [6, 6.07) is 7.72. The van der Waals surface area contributed by atoms with Crippen molar-refractivity contribution in [1.82, 2.24) is 10.6 Å². The number of nitrogens with one attached hydrogen (secondary N) is 2. The lowest BCUT2D eigenvalue weighted by Crippen LogP contribution is -2.35. The first-order valence-electron chi connectivity index (χ1n) is 6.31. The Labute approximate surface area is 115 Å². The van der Waals surface area contributed by atoms with Gasteiger partial charge in [0.15, 0.2) is 0 Å². The van der Waals surface area contributed by atoms with E-state index in [2.05, 4.69) is 10.6 Å². The van der Waals surface area contributed by atoms with Gasteiger partial charge in [-0.15, -0.1) is 12.4 Å². The van der Waals surface area contributed by atoms with Crippen LogP contribution in [-0.2, 0) is 0 Å². The first kappa shape index (κ1) is 15.0. The maximum Gasteiger partial charge on any atom is 0.251 e. The Morgan fingerprint density at radius 3 is 2.78 bits per heavy atom. The molecule has 1 aliphatic rings. The molecule has 18 heavy (non-hydrogen) atoms. The second-order valence-corrected chi connectivity index (χ2v) is 4.77. The minimum Gasteiger partial charge on any atom is -0.352 e. The summed E-state index contributed by atoms with van der Waals surface area (Å²) in [4.78, 5) is 11.9. The third kappa shape index (κ3) is 4.31. The number of piperidine rings is 1. The number of benzene rings is 1. The van der Waals surface area contributed by atoms with Gasteiger partial charge < -0.3 is 10.6 Å². The van der Waals surface area contributed by atoms with Gasteiger partial charge in [-0.05, 0) is 50.9 Å². The molecular formula is C14H21ClN2O. The van der Waals surface area contributed by atoms with Crippen molar-refractivity contribution >= 4 is 18.3 Å². The molecule has 1 fully saturated rings.